The highest BCUT2D eigenvalue weighted by atomic mass is 15.3. The highest BCUT2D eigenvalue weighted by Crippen LogP contribution is 2.36. The molecular formula is C21H29N3. The minimum Gasteiger partial charge on any atom is -0.357 e. The first-order valence-electron chi connectivity index (χ1n) is 9.94. The van der Waals surface area contributed by atoms with Crippen molar-refractivity contribution >= 4 is 10.9 Å². The summed E-state index contributed by atoms with van der Waals surface area (Å²) in [5.41, 5.74) is 4.43. The number of piperazine rings is 1. The molecule has 0 spiro atoms. The van der Waals surface area contributed by atoms with Crippen LogP contribution in [0.5, 0.6) is 0 Å². The maximum atomic E-state index is 3.77. The highest BCUT2D eigenvalue weighted by molar-refractivity contribution is 5.85. The van der Waals surface area contributed by atoms with Crippen molar-refractivity contribution < 1.29 is 0 Å². The first-order valence-corrected chi connectivity index (χ1v) is 9.94. The maximum absolute atomic E-state index is 3.77. The third kappa shape index (κ3) is 2.58. The van der Waals surface area contributed by atoms with E-state index in [4.69, 9.17) is 0 Å². The maximum Gasteiger partial charge on any atom is 0.0630 e. The topological polar surface area (TPSA) is 22.3 Å². The van der Waals surface area contributed by atoms with Gasteiger partial charge in [0, 0.05) is 49.3 Å². The Morgan fingerprint density at radius 3 is 2.79 bits per heavy atom. The minimum absolute atomic E-state index is 0.582. The molecule has 128 valence electrons. The van der Waals surface area contributed by atoms with E-state index in [-0.39, 0.29) is 0 Å². The van der Waals surface area contributed by atoms with Crippen LogP contribution in [0.2, 0.25) is 0 Å². The van der Waals surface area contributed by atoms with E-state index < -0.39 is 0 Å². The van der Waals surface area contributed by atoms with Crippen LogP contribution in [0.15, 0.2) is 24.3 Å². The first-order chi connectivity index (χ1) is 11.9. The fourth-order valence-electron chi connectivity index (χ4n) is 5.35. The number of H-pyrrole nitrogens is 1. The number of nitrogens with one attached hydrogen (secondary N) is 1. The summed E-state index contributed by atoms with van der Waals surface area (Å²) in [6.07, 6.45) is 8.51. The van der Waals surface area contributed by atoms with Crippen molar-refractivity contribution in [3.63, 3.8) is 0 Å². The molecule has 3 nitrogen and oxygen atoms in total. The van der Waals surface area contributed by atoms with Gasteiger partial charge in [-0.2, -0.15) is 0 Å². The number of nitrogens with zero attached hydrogens (tertiary/aromatic N) is 2. The van der Waals surface area contributed by atoms with Gasteiger partial charge in [-0.1, -0.05) is 37.5 Å². The van der Waals surface area contributed by atoms with Crippen molar-refractivity contribution in [1.82, 2.24) is 14.8 Å². The zero-order valence-electron chi connectivity index (χ0n) is 14.6. The Morgan fingerprint density at radius 1 is 1.00 bits per heavy atom. The Hall–Kier alpha value is -1.32. The lowest BCUT2D eigenvalue weighted by molar-refractivity contribution is 0.0525. The number of hydrogen-bond acceptors (Lipinski definition) is 2. The molecule has 1 N–H and O–H groups in total. The average Bonchev–Trinajstić information content (AvgIpc) is 3.02. The van der Waals surface area contributed by atoms with Crippen LogP contribution in [-0.2, 0) is 6.42 Å². The van der Waals surface area contributed by atoms with E-state index in [0.29, 0.717) is 6.04 Å². The van der Waals surface area contributed by atoms with Crippen molar-refractivity contribution in [2.45, 2.75) is 44.6 Å². The Bertz CT molecular complexity index is 713. The van der Waals surface area contributed by atoms with Crippen LogP contribution in [0.25, 0.3) is 10.9 Å². The smallest absolute Gasteiger partial charge is 0.0630 e. The molecule has 2 aliphatic heterocycles. The molecule has 1 aliphatic carbocycles. The molecule has 1 unspecified atom stereocenters. The van der Waals surface area contributed by atoms with Crippen LogP contribution >= 0.6 is 0 Å². The molecule has 2 fully saturated rings. The summed E-state index contributed by atoms with van der Waals surface area (Å²) in [5.74, 6) is 0.955. The van der Waals surface area contributed by atoms with Gasteiger partial charge in [0.1, 0.15) is 0 Å². The fraction of sp³-hybridized carbons (Fsp3) is 0.619. The largest absolute Gasteiger partial charge is 0.357 e. The van der Waals surface area contributed by atoms with E-state index in [0.717, 1.165) is 5.92 Å². The SMILES string of the molecule is c1ccc2c3c([nH]c2c1)C1CN(CC2CCCCC2)CCN1CC3. The molecule has 1 aromatic carbocycles. The second-order valence-electron chi connectivity index (χ2n) is 8.13. The standard InChI is InChI=1S/C21H29N3/c1-2-6-16(7-3-1)14-23-12-13-24-11-10-18-17-8-4-5-9-19(17)22-21(18)20(24)15-23/h4-5,8-9,16,20,22H,1-3,6-7,10-15H2. The molecule has 1 atom stereocenters. The lowest BCUT2D eigenvalue weighted by atomic mass is 9.88. The van der Waals surface area contributed by atoms with Gasteiger partial charge in [-0.05, 0) is 36.8 Å². The minimum atomic E-state index is 0.582. The quantitative estimate of drug-likeness (QED) is 0.903. The molecule has 0 radical (unpaired) electrons. The molecule has 3 heterocycles. The van der Waals surface area contributed by atoms with E-state index in [1.54, 1.807) is 5.56 Å². The van der Waals surface area contributed by atoms with Gasteiger partial charge in [0.2, 0.25) is 0 Å². The van der Waals surface area contributed by atoms with Crippen molar-refractivity contribution in [2.75, 3.05) is 32.7 Å². The summed E-state index contributed by atoms with van der Waals surface area (Å²) < 4.78 is 0. The van der Waals surface area contributed by atoms with E-state index in [2.05, 4.69) is 39.0 Å². The Kier molecular flexibility index (Phi) is 3.87. The van der Waals surface area contributed by atoms with Crippen molar-refractivity contribution in [3.05, 3.63) is 35.5 Å². The van der Waals surface area contributed by atoms with Gasteiger partial charge < -0.3 is 4.98 Å². The monoisotopic (exact) mass is 323 g/mol. The fourth-order valence-corrected chi connectivity index (χ4v) is 5.35. The lowest BCUT2D eigenvalue weighted by Gasteiger charge is -2.45. The summed E-state index contributed by atoms with van der Waals surface area (Å²) >= 11 is 0. The average molecular weight is 323 g/mol. The van der Waals surface area contributed by atoms with Crippen molar-refractivity contribution in [1.29, 1.82) is 0 Å². The molecule has 1 saturated heterocycles. The summed E-state index contributed by atoms with van der Waals surface area (Å²) in [6.45, 7) is 6.29. The lowest BCUT2D eigenvalue weighted by Crippen LogP contribution is -2.51. The molecule has 2 aromatic rings. The third-order valence-corrected chi connectivity index (χ3v) is 6.65. The second kappa shape index (κ2) is 6.20. The third-order valence-electron chi connectivity index (χ3n) is 6.65. The molecular weight excluding hydrogens is 294 g/mol. The first kappa shape index (κ1) is 15.0. The summed E-state index contributed by atoms with van der Waals surface area (Å²) in [6, 6.07) is 9.44. The summed E-state index contributed by atoms with van der Waals surface area (Å²) in [4.78, 5) is 9.25. The molecule has 1 aromatic heterocycles. The Labute approximate surface area is 145 Å². The summed E-state index contributed by atoms with van der Waals surface area (Å²) in [5, 5.41) is 1.46. The molecule has 3 aliphatic rings. The Balaban J connectivity index is 1.38. The van der Waals surface area contributed by atoms with Gasteiger partial charge in [0.15, 0.2) is 0 Å². The predicted molar refractivity (Wildman–Crippen MR) is 99.3 cm³/mol. The van der Waals surface area contributed by atoms with Crippen LogP contribution in [-0.4, -0.2) is 47.5 Å². The number of para-hydroxylation sites is 1. The summed E-state index contributed by atoms with van der Waals surface area (Å²) in [7, 11) is 0. The van der Waals surface area contributed by atoms with Crippen LogP contribution in [0.1, 0.15) is 49.4 Å². The van der Waals surface area contributed by atoms with E-state index >= 15 is 0 Å². The highest BCUT2D eigenvalue weighted by Gasteiger charge is 2.35. The van der Waals surface area contributed by atoms with Crippen molar-refractivity contribution in [2.24, 2.45) is 5.92 Å². The number of aromatic nitrogens is 1. The van der Waals surface area contributed by atoms with E-state index in [1.807, 2.05) is 0 Å². The van der Waals surface area contributed by atoms with Gasteiger partial charge in [0.25, 0.3) is 0 Å². The van der Waals surface area contributed by atoms with Crippen LogP contribution in [0.4, 0.5) is 0 Å². The molecule has 5 rings (SSSR count). The van der Waals surface area contributed by atoms with Gasteiger partial charge >= 0.3 is 0 Å². The van der Waals surface area contributed by atoms with Gasteiger partial charge in [0.05, 0.1) is 6.04 Å². The molecule has 0 bridgehead atoms. The van der Waals surface area contributed by atoms with Gasteiger partial charge in [-0.3, -0.25) is 9.80 Å². The molecule has 1 saturated carbocycles. The normalized spacial score (nSPS) is 26.4. The van der Waals surface area contributed by atoms with Crippen molar-refractivity contribution in [3.8, 4) is 0 Å². The number of fused-ring (bicyclic) bond motifs is 5. The Morgan fingerprint density at radius 2 is 1.88 bits per heavy atom. The van der Waals surface area contributed by atoms with Crippen LogP contribution in [0, 0.1) is 5.92 Å². The zero-order valence-corrected chi connectivity index (χ0v) is 14.6. The van der Waals surface area contributed by atoms with E-state index in [1.165, 1.54) is 87.8 Å². The van der Waals surface area contributed by atoms with E-state index in [9.17, 15) is 0 Å². The van der Waals surface area contributed by atoms with Gasteiger partial charge in [-0.25, -0.2) is 0 Å². The van der Waals surface area contributed by atoms with Gasteiger partial charge in [-0.15, -0.1) is 0 Å². The van der Waals surface area contributed by atoms with Crippen LogP contribution < -0.4 is 0 Å². The number of benzene rings is 1. The number of rotatable bonds is 2. The predicted octanol–water partition coefficient (Wildman–Crippen LogP) is 3.96. The molecule has 0 amide bonds. The second-order valence-corrected chi connectivity index (χ2v) is 8.13. The zero-order chi connectivity index (χ0) is 15.9. The number of aromatic amines is 1. The van der Waals surface area contributed by atoms with Crippen LogP contribution in [0.3, 0.4) is 0 Å². The molecule has 24 heavy (non-hydrogen) atoms. The number of hydrogen-bond donors (Lipinski definition) is 1. The molecule has 3 heteroatoms.